The molecule has 5 nitrogen and oxygen atoms in total. The molecule has 3 rings (SSSR count). The van der Waals surface area contributed by atoms with Gasteiger partial charge in [-0.3, -0.25) is 0 Å². The van der Waals surface area contributed by atoms with Crippen molar-refractivity contribution >= 4 is 23.5 Å². The molecule has 6 heteroatoms. The normalized spacial score (nSPS) is 15.6. The van der Waals surface area contributed by atoms with Crippen LogP contribution in [0.25, 0.3) is 0 Å². The van der Waals surface area contributed by atoms with E-state index >= 15 is 0 Å². The van der Waals surface area contributed by atoms with E-state index in [2.05, 4.69) is 10.6 Å². The van der Waals surface area contributed by atoms with Crippen molar-refractivity contribution in [1.29, 1.82) is 0 Å². The molecule has 0 bridgehead atoms. The third kappa shape index (κ3) is 4.71. The minimum atomic E-state index is -0.169. The Morgan fingerprint density at radius 1 is 1.38 bits per heavy atom. The monoisotopic (exact) mass is 346 g/mol. The number of amides is 2. The highest BCUT2D eigenvalue weighted by molar-refractivity contribution is 7.98. The SMILES string of the molecule is C[C@H]1Cc2cc(NC(=O)NCCCSCc3ccco3)ccc2O1. The van der Waals surface area contributed by atoms with E-state index in [1.165, 1.54) is 0 Å². The lowest BCUT2D eigenvalue weighted by molar-refractivity contribution is 0.252. The summed E-state index contributed by atoms with van der Waals surface area (Å²) in [7, 11) is 0. The largest absolute Gasteiger partial charge is 0.490 e. The molecule has 0 radical (unpaired) electrons. The summed E-state index contributed by atoms with van der Waals surface area (Å²) in [5.74, 6) is 3.76. The first-order chi connectivity index (χ1) is 11.7. The molecule has 0 unspecified atom stereocenters. The molecule has 24 heavy (non-hydrogen) atoms. The van der Waals surface area contributed by atoms with Crippen LogP contribution >= 0.6 is 11.8 Å². The van der Waals surface area contributed by atoms with E-state index in [1.54, 1.807) is 18.0 Å². The summed E-state index contributed by atoms with van der Waals surface area (Å²) in [5, 5.41) is 5.76. The lowest BCUT2D eigenvalue weighted by atomic mass is 10.1. The van der Waals surface area contributed by atoms with Crippen molar-refractivity contribution in [3.63, 3.8) is 0 Å². The van der Waals surface area contributed by atoms with E-state index in [9.17, 15) is 4.79 Å². The van der Waals surface area contributed by atoms with Gasteiger partial charge in [-0.05, 0) is 55.0 Å². The van der Waals surface area contributed by atoms with Crippen LogP contribution < -0.4 is 15.4 Å². The Balaban J connectivity index is 1.32. The van der Waals surface area contributed by atoms with E-state index in [0.717, 1.165) is 47.1 Å². The summed E-state index contributed by atoms with van der Waals surface area (Å²) in [6.07, 6.45) is 3.71. The molecule has 128 valence electrons. The number of hydrogen-bond donors (Lipinski definition) is 2. The van der Waals surface area contributed by atoms with Crippen molar-refractivity contribution in [1.82, 2.24) is 5.32 Å². The molecule has 0 fully saturated rings. The number of rotatable bonds is 7. The lowest BCUT2D eigenvalue weighted by Crippen LogP contribution is -2.29. The van der Waals surface area contributed by atoms with Gasteiger partial charge in [-0.25, -0.2) is 4.79 Å². The minimum Gasteiger partial charge on any atom is -0.490 e. The van der Waals surface area contributed by atoms with Crippen LogP contribution in [0.1, 0.15) is 24.7 Å². The average Bonchev–Trinajstić information content (AvgIpc) is 3.18. The van der Waals surface area contributed by atoms with Crippen molar-refractivity contribution in [3.8, 4) is 5.75 Å². The molecule has 0 spiro atoms. The first-order valence-electron chi connectivity index (χ1n) is 8.15. The predicted octanol–water partition coefficient (Wildman–Crippen LogP) is 4.05. The van der Waals surface area contributed by atoms with Crippen LogP contribution in [0, 0.1) is 0 Å². The van der Waals surface area contributed by atoms with Gasteiger partial charge in [-0.2, -0.15) is 11.8 Å². The summed E-state index contributed by atoms with van der Waals surface area (Å²) >= 11 is 1.80. The van der Waals surface area contributed by atoms with Crippen LogP contribution in [0.5, 0.6) is 5.75 Å². The van der Waals surface area contributed by atoms with Gasteiger partial charge in [0.25, 0.3) is 0 Å². The van der Waals surface area contributed by atoms with Crippen LogP contribution in [-0.4, -0.2) is 24.4 Å². The summed E-state index contributed by atoms with van der Waals surface area (Å²) < 4.78 is 10.9. The van der Waals surface area contributed by atoms with Crippen LogP contribution in [0.3, 0.4) is 0 Å². The quantitative estimate of drug-likeness (QED) is 0.743. The Hall–Kier alpha value is -2.08. The molecule has 1 aliphatic rings. The van der Waals surface area contributed by atoms with Crippen LogP contribution in [-0.2, 0) is 12.2 Å². The fourth-order valence-electron chi connectivity index (χ4n) is 2.62. The van der Waals surface area contributed by atoms with Crippen LogP contribution in [0.15, 0.2) is 41.0 Å². The second-order valence-electron chi connectivity index (χ2n) is 5.82. The number of hydrogen-bond acceptors (Lipinski definition) is 4. The molecule has 0 saturated carbocycles. The first kappa shape index (κ1) is 16.8. The fraction of sp³-hybridized carbons (Fsp3) is 0.389. The van der Waals surface area contributed by atoms with E-state index < -0.39 is 0 Å². The minimum absolute atomic E-state index is 0.169. The predicted molar refractivity (Wildman–Crippen MR) is 96.7 cm³/mol. The van der Waals surface area contributed by atoms with Gasteiger partial charge < -0.3 is 19.8 Å². The molecule has 1 aromatic carbocycles. The zero-order valence-corrected chi connectivity index (χ0v) is 14.5. The molecule has 2 heterocycles. The molecular weight excluding hydrogens is 324 g/mol. The summed E-state index contributed by atoms with van der Waals surface area (Å²) in [6.45, 7) is 2.70. The first-order valence-corrected chi connectivity index (χ1v) is 9.31. The third-order valence-corrected chi connectivity index (χ3v) is 4.80. The van der Waals surface area contributed by atoms with Gasteiger partial charge in [0.2, 0.25) is 0 Å². The molecule has 2 amide bonds. The van der Waals surface area contributed by atoms with E-state index in [-0.39, 0.29) is 12.1 Å². The van der Waals surface area contributed by atoms with Crippen LogP contribution in [0.4, 0.5) is 10.5 Å². The highest BCUT2D eigenvalue weighted by Gasteiger charge is 2.19. The van der Waals surface area contributed by atoms with Crippen molar-refractivity contribution < 1.29 is 13.9 Å². The number of carbonyl (C=O) groups excluding carboxylic acids is 1. The molecule has 1 aliphatic heterocycles. The molecule has 1 atom stereocenters. The number of urea groups is 1. The summed E-state index contributed by atoms with van der Waals surface area (Å²) in [5.41, 5.74) is 1.95. The lowest BCUT2D eigenvalue weighted by Gasteiger charge is -2.08. The summed E-state index contributed by atoms with van der Waals surface area (Å²) in [4.78, 5) is 11.9. The van der Waals surface area contributed by atoms with E-state index in [1.807, 2.05) is 37.3 Å². The molecule has 2 aromatic rings. The Labute approximate surface area is 146 Å². The number of fused-ring (bicyclic) bond motifs is 1. The summed E-state index contributed by atoms with van der Waals surface area (Å²) in [6, 6.07) is 9.47. The second-order valence-corrected chi connectivity index (χ2v) is 6.93. The number of carbonyl (C=O) groups is 1. The van der Waals surface area contributed by atoms with Crippen molar-refractivity contribution in [2.75, 3.05) is 17.6 Å². The Kier molecular flexibility index (Phi) is 5.69. The topological polar surface area (TPSA) is 63.5 Å². The number of benzene rings is 1. The Morgan fingerprint density at radius 3 is 3.12 bits per heavy atom. The zero-order chi connectivity index (χ0) is 16.8. The second kappa shape index (κ2) is 8.15. The van der Waals surface area contributed by atoms with Gasteiger partial charge in [0.1, 0.15) is 17.6 Å². The van der Waals surface area contributed by atoms with E-state index in [4.69, 9.17) is 9.15 Å². The van der Waals surface area contributed by atoms with Crippen molar-refractivity contribution in [3.05, 3.63) is 47.9 Å². The smallest absolute Gasteiger partial charge is 0.319 e. The maximum Gasteiger partial charge on any atom is 0.319 e. The number of anilines is 1. The fourth-order valence-corrected chi connectivity index (χ4v) is 3.48. The molecule has 1 aromatic heterocycles. The number of ether oxygens (including phenoxy) is 1. The van der Waals surface area contributed by atoms with Gasteiger partial charge in [-0.1, -0.05) is 0 Å². The van der Waals surface area contributed by atoms with Gasteiger partial charge >= 0.3 is 6.03 Å². The van der Waals surface area contributed by atoms with Gasteiger partial charge in [-0.15, -0.1) is 0 Å². The van der Waals surface area contributed by atoms with Crippen molar-refractivity contribution in [2.24, 2.45) is 0 Å². The number of nitrogens with one attached hydrogen (secondary N) is 2. The Bertz CT molecular complexity index is 673. The molecule has 2 N–H and O–H groups in total. The molecule has 0 aliphatic carbocycles. The maximum atomic E-state index is 11.9. The highest BCUT2D eigenvalue weighted by atomic mass is 32.2. The van der Waals surface area contributed by atoms with Crippen LogP contribution in [0.2, 0.25) is 0 Å². The highest BCUT2D eigenvalue weighted by Crippen LogP contribution is 2.30. The van der Waals surface area contributed by atoms with Crippen molar-refractivity contribution in [2.45, 2.75) is 31.6 Å². The number of furan rings is 1. The van der Waals surface area contributed by atoms with Gasteiger partial charge in [0, 0.05) is 18.7 Å². The van der Waals surface area contributed by atoms with E-state index in [0.29, 0.717) is 6.54 Å². The zero-order valence-electron chi connectivity index (χ0n) is 13.7. The molecular formula is C18H22N2O3S. The van der Waals surface area contributed by atoms with Gasteiger partial charge in [0.05, 0.1) is 12.0 Å². The third-order valence-electron chi connectivity index (χ3n) is 3.73. The van der Waals surface area contributed by atoms with Gasteiger partial charge in [0.15, 0.2) is 0 Å². The molecule has 0 saturated heterocycles. The Morgan fingerprint density at radius 2 is 2.29 bits per heavy atom. The maximum absolute atomic E-state index is 11.9. The number of thioether (sulfide) groups is 1. The standard InChI is InChI=1S/C18H22N2O3S/c1-13-10-14-11-15(5-6-17(14)23-13)20-18(21)19-7-3-9-24-12-16-4-2-8-22-16/h2,4-6,8,11,13H,3,7,9-10,12H2,1H3,(H2,19,20,21)/t13-/m0/s1. The average molecular weight is 346 g/mol.